The van der Waals surface area contributed by atoms with Crippen LogP contribution < -0.4 is 0 Å². The first-order valence-electron chi connectivity index (χ1n) is 10.4. The third kappa shape index (κ3) is 4.41. The molecule has 0 fully saturated rings. The van der Waals surface area contributed by atoms with Gasteiger partial charge in [0.25, 0.3) is 0 Å². The molecule has 4 nitrogen and oxygen atoms in total. The van der Waals surface area contributed by atoms with Gasteiger partial charge in [-0.05, 0) is 77.9 Å². The van der Waals surface area contributed by atoms with Gasteiger partial charge in [0.2, 0.25) is 0 Å². The summed E-state index contributed by atoms with van der Waals surface area (Å²) in [6.07, 6.45) is 0.656. The molecule has 0 radical (unpaired) electrons. The van der Waals surface area contributed by atoms with Gasteiger partial charge in [-0.2, -0.15) is 0 Å². The number of aromatic hydroxyl groups is 2. The molecule has 0 spiro atoms. The van der Waals surface area contributed by atoms with Gasteiger partial charge in [0.1, 0.15) is 17.3 Å². The fourth-order valence-corrected chi connectivity index (χ4v) is 4.20. The maximum Gasteiger partial charge on any atom is 0.141 e. The summed E-state index contributed by atoms with van der Waals surface area (Å²) in [7, 11) is 0. The van der Waals surface area contributed by atoms with E-state index in [2.05, 4.69) is 29.4 Å². The van der Waals surface area contributed by atoms with Crippen LogP contribution in [0, 0.1) is 13.8 Å². The minimum absolute atomic E-state index is 0.210. The zero-order valence-corrected chi connectivity index (χ0v) is 18.7. The van der Waals surface area contributed by atoms with E-state index in [0.717, 1.165) is 50.4 Å². The predicted molar refractivity (Wildman–Crippen MR) is 129 cm³/mol. The van der Waals surface area contributed by atoms with Crippen LogP contribution in [0.2, 0.25) is 0 Å². The Morgan fingerprint density at radius 3 is 1.72 bits per heavy atom. The molecule has 1 aromatic heterocycles. The van der Waals surface area contributed by atoms with Crippen LogP contribution in [-0.4, -0.2) is 21.2 Å². The average molecular weight is 446 g/mol. The van der Waals surface area contributed by atoms with E-state index in [9.17, 15) is 10.2 Å². The van der Waals surface area contributed by atoms with E-state index in [1.165, 1.54) is 0 Å². The van der Waals surface area contributed by atoms with Crippen molar-refractivity contribution in [3.63, 3.8) is 0 Å². The second-order valence-corrected chi connectivity index (χ2v) is 8.04. The second kappa shape index (κ2) is 9.33. The first kappa shape index (κ1) is 21.7. The molecule has 1 heterocycles. The second-order valence-electron chi connectivity index (χ2n) is 7.66. The molecule has 0 aliphatic carbocycles. The molecule has 0 aliphatic heterocycles. The molecule has 4 aromatic rings. The normalized spacial score (nSPS) is 10.8. The lowest BCUT2D eigenvalue weighted by Crippen LogP contribution is -1.97. The molecule has 0 saturated heterocycles. The summed E-state index contributed by atoms with van der Waals surface area (Å²) in [5, 5.41) is 23.6. The van der Waals surface area contributed by atoms with Gasteiger partial charge in [-0.15, -0.1) is 11.6 Å². The molecular formula is C27H24ClNO3. The maximum atomic E-state index is 9.79. The molecule has 0 aliphatic rings. The van der Waals surface area contributed by atoms with Crippen molar-refractivity contribution in [1.82, 2.24) is 5.16 Å². The van der Waals surface area contributed by atoms with Gasteiger partial charge in [0, 0.05) is 11.4 Å². The third-order valence-corrected chi connectivity index (χ3v) is 5.70. The number of aryl methyl sites for hydroxylation is 2. The number of hydrogen-bond donors (Lipinski definition) is 2. The Bertz CT molecular complexity index is 1170. The lowest BCUT2D eigenvalue weighted by Gasteiger charge is -2.17. The van der Waals surface area contributed by atoms with Crippen LogP contribution in [0.5, 0.6) is 11.5 Å². The highest BCUT2D eigenvalue weighted by Gasteiger charge is 2.16. The van der Waals surface area contributed by atoms with E-state index in [-0.39, 0.29) is 11.5 Å². The van der Waals surface area contributed by atoms with Crippen molar-refractivity contribution >= 4 is 22.7 Å². The minimum Gasteiger partial charge on any atom is -0.508 e. The molecule has 0 unspecified atom stereocenters. The van der Waals surface area contributed by atoms with E-state index < -0.39 is 0 Å². The van der Waals surface area contributed by atoms with Crippen molar-refractivity contribution in [2.75, 3.05) is 5.88 Å². The first-order valence-corrected chi connectivity index (χ1v) is 10.9. The molecule has 32 heavy (non-hydrogen) atoms. The van der Waals surface area contributed by atoms with E-state index in [1.807, 2.05) is 38.1 Å². The zero-order valence-electron chi connectivity index (χ0n) is 18.0. The van der Waals surface area contributed by atoms with Gasteiger partial charge >= 0.3 is 0 Å². The van der Waals surface area contributed by atoms with Crippen molar-refractivity contribution in [2.45, 2.75) is 20.3 Å². The van der Waals surface area contributed by atoms with Gasteiger partial charge in [0.15, 0.2) is 0 Å². The summed E-state index contributed by atoms with van der Waals surface area (Å²) in [4.78, 5) is 0. The SMILES string of the molecule is Cc1noc(C)c1-c1ccc(C(CCCl)=C(c2ccc(O)cc2)c2ccc(O)cc2)cc1. The van der Waals surface area contributed by atoms with Crippen molar-refractivity contribution in [3.8, 4) is 22.6 Å². The number of phenolic OH excluding ortho intramolecular Hbond substituents is 2. The van der Waals surface area contributed by atoms with E-state index in [0.29, 0.717) is 12.3 Å². The number of benzene rings is 3. The smallest absolute Gasteiger partial charge is 0.141 e. The van der Waals surface area contributed by atoms with Gasteiger partial charge < -0.3 is 14.7 Å². The quantitative estimate of drug-likeness (QED) is 0.248. The molecule has 0 amide bonds. The monoisotopic (exact) mass is 445 g/mol. The zero-order chi connectivity index (χ0) is 22.7. The van der Waals surface area contributed by atoms with Crippen LogP contribution >= 0.6 is 11.6 Å². The first-order chi connectivity index (χ1) is 15.5. The number of alkyl halides is 1. The van der Waals surface area contributed by atoms with Gasteiger partial charge in [0.05, 0.1) is 5.69 Å². The van der Waals surface area contributed by atoms with Crippen molar-refractivity contribution in [1.29, 1.82) is 0 Å². The molecule has 5 heteroatoms. The topological polar surface area (TPSA) is 66.5 Å². The number of allylic oxidation sites excluding steroid dienone is 1. The van der Waals surface area contributed by atoms with Crippen LogP contribution in [0.25, 0.3) is 22.3 Å². The summed E-state index contributed by atoms with van der Waals surface area (Å²) < 4.78 is 5.32. The molecule has 0 saturated carbocycles. The van der Waals surface area contributed by atoms with Crippen LogP contribution in [0.4, 0.5) is 0 Å². The Balaban J connectivity index is 1.89. The molecule has 0 atom stereocenters. The Kier molecular flexibility index (Phi) is 6.33. The van der Waals surface area contributed by atoms with Gasteiger partial charge in [-0.25, -0.2) is 0 Å². The Morgan fingerprint density at radius 1 is 0.781 bits per heavy atom. The molecule has 162 valence electrons. The van der Waals surface area contributed by atoms with Crippen LogP contribution in [0.15, 0.2) is 77.3 Å². The summed E-state index contributed by atoms with van der Waals surface area (Å²) >= 11 is 6.23. The number of halogens is 1. The van der Waals surface area contributed by atoms with Crippen molar-refractivity contribution in [3.05, 3.63) is 101 Å². The maximum absolute atomic E-state index is 9.79. The van der Waals surface area contributed by atoms with E-state index in [1.54, 1.807) is 24.3 Å². The van der Waals surface area contributed by atoms with E-state index in [4.69, 9.17) is 16.1 Å². The van der Waals surface area contributed by atoms with Crippen LogP contribution in [-0.2, 0) is 0 Å². The Hall–Kier alpha value is -3.50. The number of phenols is 2. The lowest BCUT2D eigenvalue weighted by atomic mass is 9.87. The number of aromatic nitrogens is 1. The van der Waals surface area contributed by atoms with E-state index >= 15 is 0 Å². The fraction of sp³-hybridized carbons (Fsp3) is 0.148. The van der Waals surface area contributed by atoms with Crippen molar-refractivity contribution < 1.29 is 14.7 Å². The average Bonchev–Trinajstić information content (AvgIpc) is 3.14. The minimum atomic E-state index is 0.210. The molecule has 3 aromatic carbocycles. The fourth-order valence-electron chi connectivity index (χ4n) is 4.01. The highest BCUT2D eigenvalue weighted by molar-refractivity contribution is 6.18. The predicted octanol–water partition coefficient (Wildman–Crippen LogP) is 6.96. The largest absolute Gasteiger partial charge is 0.508 e. The molecule has 0 bridgehead atoms. The summed E-state index contributed by atoms with van der Waals surface area (Å²) in [5.41, 5.74) is 7.99. The standard InChI is InChI=1S/C27H24ClNO3/c1-17-26(18(2)32-29-17)20-5-3-19(4-6-20)25(15-16-28)27(21-7-11-23(30)12-8-21)22-9-13-24(31)14-10-22/h3-14,30-31H,15-16H2,1-2H3. The van der Waals surface area contributed by atoms with Crippen molar-refractivity contribution in [2.24, 2.45) is 0 Å². The summed E-state index contributed by atoms with van der Waals surface area (Å²) in [5.74, 6) is 1.67. The third-order valence-electron chi connectivity index (χ3n) is 5.51. The highest BCUT2D eigenvalue weighted by atomic mass is 35.5. The number of rotatable bonds is 6. The van der Waals surface area contributed by atoms with Gasteiger partial charge in [-0.1, -0.05) is 53.7 Å². The number of hydrogen-bond acceptors (Lipinski definition) is 4. The van der Waals surface area contributed by atoms with Crippen LogP contribution in [0.3, 0.4) is 0 Å². The lowest BCUT2D eigenvalue weighted by molar-refractivity contribution is 0.393. The Labute approximate surface area is 192 Å². The Morgan fingerprint density at radius 2 is 1.28 bits per heavy atom. The van der Waals surface area contributed by atoms with Gasteiger partial charge in [-0.3, -0.25) is 0 Å². The summed E-state index contributed by atoms with van der Waals surface area (Å²) in [6.45, 7) is 3.85. The molecule has 4 rings (SSSR count). The molecule has 2 N–H and O–H groups in total. The highest BCUT2D eigenvalue weighted by Crippen LogP contribution is 2.37. The van der Waals surface area contributed by atoms with Crippen LogP contribution in [0.1, 0.15) is 34.6 Å². The summed E-state index contributed by atoms with van der Waals surface area (Å²) in [6, 6.07) is 22.6. The molecular weight excluding hydrogens is 422 g/mol. The number of nitrogens with zero attached hydrogens (tertiary/aromatic N) is 1.